The summed E-state index contributed by atoms with van der Waals surface area (Å²) in [7, 11) is 0. The van der Waals surface area contributed by atoms with Gasteiger partial charge >= 0.3 is 0 Å². The van der Waals surface area contributed by atoms with Crippen LogP contribution in [0.15, 0.2) is 58.6 Å². The first-order valence-electron chi connectivity index (χ1n) is 7.38. The zero-order chi connectivity index (χ0) is 17.8. The van der Waals surface area contributed by atoms with Crippen molar-refractivity contribution in [3.63, 3.8) is 0 Å². The van der Waals surface area contributed by atoms with Crippen molar-refractivity contribution in [3.8, 4) is 5.82 Å². The van der Waals surface area contributed by atoms with Crippen LogP contribution in [0.2, 0.25) is 5.02 Å². The highest BCUT2D eigenvalue weighted by molar-refractivity contribution is 6.31. The second-order valence-electron chi connectivity index (χ2n) is 5.25. The Hall–Kier alpha value is -3.10. The summed E-state index contributed by atoms with van der Waals surface area (Å²) in [6.45, 7) is 0. The van der Waals surface area contributed by atoms with Crippen molar-refractivity contribution in [3.05, 3.63) is 80.9 Å². The van der Waals surface area contributed by atoms with Crippen LogP contribution in [-0.2, 0) is 6.42 Å². The first kappa shape index (κ1) is 16.7. The molecule has 2 aromatic heterocycles. The predicted octanol–water partition coefficient (Wildman–Crippen LogP) is 0.888. The molecule has 0 fully saturated rings. The predicted molar refractivity (Wildman–Crippen MR) is 96.5 cm³/mol. The number of nitrogens with two attached hydrogens (primary N) is 2. The fourth-order valence-electron chi connectivity index (χ4n) is 2.39. The van der Waals surface area contributed by atoms with E-state index >= 15 is 0 Å². The third-order valence-electron chi connectivity index (χ3n) is 3.57. The van der Waals surface area contributed by atoms with Crippen LogP contribution in [0, 0.1) is 0 Å². The molecule has 0 aliphatic rings. The van der Waals surface area contributed by atoms with Gasteiger partial charge in [0.1, 0.15) is 0 Å². The van der Waals surface area contributed by atoms with Crippen LogP contribution in [0.5, 0.6) is 0 Å². The molecular weight excluding hydrogens is 342 g/mol. The van der Waals surface area contributed by atoms with Gasteiger partial charge in [-0.1, -0.05) is 29.8 Å². The third-order valence-corrected chi connectivity index (χ3v) is 3.94. The summed E-state index contributed by atoms with van der Waals surface area (Å²) >= 11 is 6.17. The van der Waals surface area contributed by atoms with Crippen LogP contribution < -0.4 is 22.7 Å². The Bertz CT molecular complexity index is 976. The third kappa shape index (κ3) is 3.70. The lowest BCUT2D eigenvalue weighted by Crippen LogP contribution is -2.23. The largest absolute Gasteiger partial charge is 0.382 e. The van der Waals surface area contributed by atoms with E-state index < -0.39 is 0 Å². The van der Waals surface area contributed by atoms with Crippen LogP contribution in [0.25, 0.3) is 5.82 Å². The summed E-state index contributed by atoms with van der Waals surface area (Å²) in [6, 6.07) is 12.3. The second-order valence-corrected chi connectivity index (χ2v) is 5.66. The normalized spacial score (nSPS) is 11.5. The van der Waals surface area contributed by atoms with E-state index in [-0.39, 0.29) is 11.4 Å². The van der Waals surface area contributed by atoms with Crippen molar-refractivity contribution in [1.29, 1.82) is 0 Å². The fourth-order valence-corrected chi connectivity index (χ4v) is 2.59. The van der Waals surface area contributed by atoms with Gasteiger partial charge in [-0.3, -0.25) is 9.89 Å². The van der Waals surface area contributed by atoms with E-state index in [0.29, 0.717) is 22.8 Å². The van der Waals surface area contributed by atoms with Gasteiger partial charge in [0.15, 0.2) is 11.7 Å². The number of hydrazone groups is 1. The molecule has 8 nitrogen and oxygen atoms in total. The van der Waals surface area contributed by atoms with Crippen LogP contribution >= 0.6 is 11.6 Å². The van der Waals surface area contributed by atoms with Gasteiger partial charge in [-0.05, 0) is 23.8 Å². The number of pyridine rings is 1. The standard InChI is InChI=1S/C16H16ClN7O/c17-13-4-2-1-3-10(13)7-12-9-15(25)24(22-12)14-8-11(5-6-20-14)16(18)21-23-19/h1-6,8-9,22-23H,7,19H2,(H2,18,21). The smallest absolute Gasteiger partial charge is 0.272 e. The molecule has 0 unspecified atom stereocenters. The number of hydrogen-bond donors (Lipinski definition) is 4. The van der Waals surface area contributed by atoms with E-state index in [9.17, 15) is 4.79 Å². The molecule has 0 aliphatic heterocycles. The van der Waals surface area contributed by atoms with Gasteiger partial charge in [0.25, 0.3) is 5.56 Å². The Morgan fingerprint density at radius 1 is 1.32 bits per heavy atom. The molecule has 0 saturated heterocycles. The topological polar surface area (TPSA) is 127 Å². The van der Waals surface area contributed by atoms with E-state index in [0.717, 1.165) is 11.3 Å². The monoisotopic (exact) mass is 357 g/mol. The Labute approximate surface area is 148 Å². The molecule has 0 aliphatic carbocycles. The van der Waals surface area contributed by atoms with Crippen LogP contribution in [0.1, 0.15) is 16.8 Å². The van der Waals surface area contributed by atoms with Crippen LogP contribution in [0.3, 0.4) is 0 Å². The second kappa shape index (κ2) is 7.20. The van der Waals surface area contributed by atoms with Gasteiger partial charge in [-0.15, -0.1) is 5.10 Å². The summed E-state index contributed by atoms with van der Waals surface area (Å²) in [6.07, 6.45) is 2.03. The summed E-state index contributed by atoms with van der Waals surface area (Å²) in [5.41, 5.74) is 9.89. The highest BCUT2D eigenvalue weighted by atomic mass is 35.5. The minimum atomic E-state index is -0.237. The first-order chi connectivity index (χ1) is 12.1. The maximum atomic E-state index is 12.3. The average Bonchev–Trinajstić information content (AvgIpc) is 2.98. The number of aromatic amines is 1. The van der Waals surface area contributed by atoms with Crippen molar-refractivity contribution in [2.75, 3.05) is 0 Å². The molecule has 128 valence electrons. The van der Waals surface area contributed by atoms with E-state index in [1.807, 2.05) is 24.3 Å². The van der Waals surface area contributed by atoms with Crippen molar-refractivity contribution < 1.29 is 0 Å². The Morgan fingerprint density at radius 3 is 2.88 bits per heavy atom. The number of rotatable bonds is 5. The van der Waals surface area contributed by atoms with E-state index in [2.05, 4.69) is 20.7 Å². The quantitative estimate of drug-likeness (QED) is 0.233. The van der Waals surface area contributed by atoms with Gasteiger partial charge in [0.05, 0.1) is 0 Å². The SMILES string of the molecule is NN/N=C(\N)c1ccnc(-n2[nH]c(Cc3ccccc3Cl)cc2=O)c1. The highest BCUT2D eigenvalue weighted by Gasteiger charge is 2.10. The molecule has 6 N–H and O–H groups in total. The number of hydrogen-bond acceptors (Lipinski definition) is 5. The number of aromatic nitrogens is 3. The molecule has 0 radical (unpaired) electrons. The van der Waals surface area contributed by atoms with Gasteiger partial charge < -0.3 is 5.73 Å². The molecule has 3 aromatic rings. The van der Waals surface area contributed by atoms with Crippen molar-refractivity contribution in [2.24, 2.45) is 16.7 Å². The minimum Gasteiger partial charge on any atom is -0.382 e. The molecular formula is C16H16ClN7O. The van der Waals surface area contributed by atoms with E-state index in [4.69, 9.17) is 23.2 Å². The van der Waals surface area contributed by atoms with Crippen molar-refractivity contribution in [2.45, 2.75) is 6.42 Å². The molecule has 0 saturated carbocycles. The summed E-state index contributed by atoms with van der Waals surface area (Å²) in [5, 5.41) is 7.39. The first-order valence-corrected chi connectivity index (χ1v) is 7.76. The van der Waals surface area contributed by atoms with Gasteiger partial charge in [-0.25, -0.2) is 21.0 Å². The molecule has 1 aromatic carbocycles. The minimum absolute atomic E-state index is 0.182. The van der Waals surface area contributed by atoms with Crippen LogP contribution in [0.4, 0.5) is 0 Å². The van der Waals surface area contributed by atoms with Gasteiger partial charge in [-0.2, -0.15) is 0 Å². The number of halogens is 1. The zero-order valence-corrected chi connectivity index (χ0v) is 13.9. The lowest BCUT2D eigenvalue weighted by molar-refractivity contribution is 0.795. The number of amidine groups is 1. The van der Waals surface area contributed by atoms with Gasteiger partial charge in [0, 0.05) is 35.0 Å². The molecule has 9 heteroatoms. The molecule has 25 heavy (non-hydrogen) atoms. The maximum Gasteiger partial charge on any atom is 0.272 e. The van der Waals surface area contributed by atoms with E-state index in [1.54, 1.807) is 12.1 Å². The molecule has 0 spiro atoms. The zero-order valence-electron chi connectivity index (χ0n) is 13.1. The summed E-state index contributed by atoms with van der Waals surface area (Å²) in [5.74, 6) is 5.70. The van der Waals surface area contributed by atoms with Crippen molar-refractivity contribution >= 4 is 17.4 Å². The molecule has 0 amide bonds. The number of nitrogens with one attached hydrogen (secondary N) is 2. The lowest BCUT2D eigenvalue weighted by atomic mass is 10.1. The highest BCUT2D eigenvalue weighted by Crippen LogP contribution is 2.17. The number of H-pyrrole nitrogens is 1. The summed E-state index contributed by atoms with van der Waals surface area (Å²) < 4.78 is 1.33. The van der Waals surface area contributed by atoms with Crippen LogP contribution in [-0.4, -0.2) is 20.6 Å². The van der Waals surface area contributed by atoms with E-state index in [1.165, 1.54) is 16.9 Å². The molecule has 0 bridgehead atoms. The Kier molecular flexibility index (Phi) is 4.82. The number of hydrazine groups is 1. The van der Waals surface area contributed by atoms with Gasteiger partial charge in [0.2, 0.25) is 0 Å². The molecule has 2 heterocycles. The average molecular weight is 358 g/mol. The number of benzene rings is 1. The Balaban J connectivity index is 1.93. The molecule has 0 atom stereocenters. The Morgan fingerprint density at radius 2 is 2.12 bits per heavy atom. The van der Waals surface area contributed by atoms with Crippen molar-refractivity contribution in [1.82, 2.24) is 20.3 Å². The molecule has 3 rings (SSSR count). The lowest BCUT2D eigenvalue weighted by Gasteiger charge is -2.05. The maximum absolute atomic E-state index is 12.3. The fraction of sp³-hybridized carbons (Fsp3) is 0.0625. The number of nitrogens with zero attached hydrogens (tertiary/aromatic N) is 3. The summed E-state index contributed by atoms with van der Waals surface area (Å²) in [4.78, 5) is 16.5.